The summed E-state index contributed by atoms with van der Waals surface area (Å²) in [6.45, 7) is 7.19. The average molecular weight is 315 g/mol. The van der Waals surface area contributed by atoms with Crippen LogP contribution in [0, 0.1) is 6.92 Å². The number of aliphatic imine (C=N–C) groups is 1. The molecule has 1 unspecified atom stereocenters. The van der Waals surface area contributed by atoms with Gasteiger partial charge in [-0.2, -0.15) is 0 Å². The number of fused-ring (bicyclic) bond motifs is 1. The molecule has 0 aromatic carbocycles. The fourth-order valence-electron chi connectivity index (χ4n) is 2.66. The quantitative estimate of drug-likeness (QED) is 0.468. The zero-order valence-electron chi connectivity index (χ0n) is 14.8. The van der Waals surface area contributed by atoms with Crippen molar-refractivity contribution in [2.45, 2.75) is 59.0 Å². The van der Waals surface area contributed by atoms with Crippen molar-refractivity contribution >= 4 is 11.6 Å². The van der Waals surface area contributed by atoms with Crippen molar-refractivity contribution in [2.75, 3.05) is 7.05 Å². The first kappa shape index (κ1) is 17.3. The molecule has 0 saturated heterocycles. The number of guanidine groups is 1. The molecule has 2 N–H and O–H groups in total. The van der Waals surface area contributed by atoms with Gasteiger partial charge in [0.15, 0.2) is 5.96 Å². The molecule has 0 spiro atoms. The summed E-state index contributed by atoms with van der Waals surface area (Å²) in [5.41, 5.74) is 3.19. The number of aromatic nitrogens is 2. The highest BCUT2D eigenvalue weighted by atomic mass is 15.2. The van der Waals surface area contributed by atoms with Crippen molar-refractivity contribution in [1.29, 1.82) is 0 Å². The number of pyridine rings is 1. The molecule has 0 aliphatic rings. The zero-order valence-corrected chi connectivity index (χ0v) is 14.8. The Morgan fingerprint density at radius 1 is 1.35 bits per heavy atom. The third kappa shape index (κ3) is 4.98. The predicted octanol–water partition coefficient (Wildman–Crippen LogP) is 3.28. The maximum atomic E-state index is 4.64. The lowest BCUT2D eigenvalue weighted by atomic mass is 10.1. The van der Waals surface area contributed by atoms with Crippen LogP contribution in [-0.4, -0.2) is 28.4 Å². The minimum Gasteiger partial charge on any atom is -0.354 e. The van der Waals surface area contributed by atoms with Gasteiger partial charge >= 0.3 is 0 Å². The molecule has 0 aliphatic carbocycles. The summed E-state index contributed by atoms with van der Waals surface area (Å²) in [5.74, 6) is 0.836. The molecular weight excluding hydrogens is 286 g/mol. The Hall–Kier alpha value is -2.04. The number of hydrogen-bond donors (Lipinski definition) is 2. The third-order valence-corrected chi connectivity index (χ3v) is 4.03. The summed E-state index contributed by atoms with van der Waals surface area (Å²) in [4.78, 5) is 8.94. The Kier molecular flexibility index (Phi) is 6.44. The second kappa shape index (κ2) is 8.56. The molecule has 0 bridgehead atoms. The van der Waals surface area contributed by atoms with Crippen LogP contribution in [0.25, 0.3) is 5.65 Å². The molecule has 0 saturated carbocycles. The molecule has 126 valence electrons. The Morgan fingerprint density at radius 2 is 2.17 bits per heavy atom. The van der Waals surface area contributed by atoms with Crippen LogP contribution in [0.15, 0.2) is 29.4 Å². The Morgan fingerprint density at radius 3 is 2.87 bits per heavy atom. The molecule has 2 heterocycles. The van der Waals surface area contributed by atoms with Crippen molar-refractivity contribution < 1.29 is 0 Å². The van der Waals surface area contributed by atoms with E-state index in [-0.39, 0.29) is 0 Å². The minimum atomic E-state index is 0.427. The number of unbranched alkanes of at least 4 members (excludes halogenated alkanes) is 2. The van der Waals surface area contributed by atoms with E-state index >= 15 is 0 Å². The topological polar surface area (TPSA) is 53.7 Å². The van der Waals surface area contributed by atoms with E-state index in [4.69, 9.17) is 0 Å². The third-order valence-electron chi connectivity index (χ3n) is 4.03. The van der Waals surface area contributed by atoms with Crippen LogP contribution in [0.5, 0.6) is 0 Å². The van der Waals surface area contributed by atoms with E-state index in [0.717, 1.165) is 17.3 Å². The molecule has 0 radical (unpaired) electrons. The van der Waals surface area contributed by atoms with Crippen LogP contribution >= 0.6 is 0 Å². The predicted molar refractivity (Wildman–Crippen MR) is 96.9 cm³/mol. The van der Waals surface area contributed by atoms with E-state index in [1.165, 1.54) is 31.4 Å². The van der Waals surface area contributed by atoms with Gasteiger partial charge < -0.3 is 15.0 Å². The smallest absolute Gasteiger partial charge is 0.191 e. The number of nitrogens with one attached hydrogen (secondary N) is 2. The first-order chi connectivity index (χ1) is 11.1. The van der Waals surface area contributed by atoms with Crippen LogP contribution in [0.4, 0.5) is 0 Å². The summed E-state index contributed by atoms with van der Waals surface area (Å²) < 4.78 is 2.11. The number of imidazole rings is 1. The normalized spacial score (nSPS) is 13.3. The molecule has 2 rings (SSSR count). The molecule has 5 nitrogen and oxygen atoms in total. The molecule has 2 aromatic heterocycles. The van der Waals surface area contributed by atoms with Crippen molar-refractivity contribution in [3.8, 4) is 0 Å². The van der Waals surface area contributed by atoms with Crippen molar-refractivity contribution in [1.82, 2.24) is 20.0 Å². The van der Waals surface area contributed by atoms with Crippen LogP contribution in [-0.2, 0) is 6.54 Å². The maximum absolute atomic E-state index is 4.64. The molecule has 1 atom stereocenters. The fourth-order valence-corrected chi connectivity index (χ4v) is 2.66. The van der Waals surface area contributed by atoms with Gasteiger partial charge in [-0.15, -0.1) is 0 Å². The first-order valence-corrected chi connectivity index (χ1v) is 8.54. The molecule has 0 aliphatic heterocycles. The number of aryl methyl sites for hydroxylation is 1. The zero-order chi connectivity index (χ0) is 16.7. The molecule has 5 heteroatoms. The molecule has 23 heavy (non-hydrogen) atoms. The minimum absolute atomic E-state index is 0.427. The lowest BCUT2D eigenvalue weighted by molar-refractivity contribution is 0.546. The lowest BCUT2D eigenvalue weighted by Gasteiger charge is -2.17. The van der Waals surface area contributed by atoms with Gasteiger partial charge in [0.1, 0.15) is 5.65 Å². The average Bonchev–Trinajstić information content (AvgIpc) is 2.96. The molecular formula is C18H29N5. The lowest BCUT2D eigenvalue weighted by Crippen LogP contribution is -2.41. The van der Waals surface area contributed by atoms with Gasteiger partial charge in [0, 0.05) is 25.0 Å². The van der Waals surface area contributed by atoms with E-state index in [1.54, 1.807) is 0 Å². The SMILES string of the molecule is CCCCCC(C)NC(=NC)NCc1cn2c(C)cccc2n1. The van der Waals surface area contributed by atoms with Gasteiger partial charge in [-0.05, 0) is 32.4 Å². The standard InChI is InChI=1S/C18H29N5/c1-5-6-7-9-14(2)21-18(19-4)20-12-16-13-23-15(3)10-8-11-17(23)22-16/h8,10-11,13-14H,5-7,9,12H2,1-4H3,(H2,19,20,21). The second-order valence-corrected chi connectivity index (χ2v) is 6.09. The molecule has 0 amide bonds. The van der Waals surface area contributed by atoms with Crippen LogP contribution in [0.1, 0.15) is 50.9 Å². The van der Waals surface area contributed by atoms with Crippen molar-refractivity contribution in [2.24, 2.45) is 4.99 Å². The molecule has 0 fully saturated rings. The van der Waals surface area contributed by atoms with Gasteiger partial charge in [0.25, 0.3) is 0 Å². The maximum Gasteiger partial charge on any atom is 0.191 e. The summed E-state index contributed by atoms with van der Waals surface area (Å²) in [6.07, 6.45) is 7.05. The van der Waals surface area contributed by atoms with Crippen molar-refractivity contribution in [3.63, 3.8) is 0 Å². The highest BCUT2D eigenvalue weighted by Crippen LogP contribution is 2.08. The van der Waals surface area contributed by atoms with E-state index < -0.39 is 0 Å². The Balaban J connectivity index is 1.88. The van der Waals surface area contributed by atoms with Crippen LogP contribution in [0.2, 0.25) is 0 Å². The summed E-state index contributed by atoms with van der Waals surface area (Å²) >= 11 is 0. The van der Waals surface area contributed by atoms with Gasteiger partial charge in [-0.25, -0.2) is 4.98 Å². The first-order valence-electron chi connectivity index (χ1n) is 8.54. The summed E-state index contributed by atoms with van der Waals surface area (Å²) in [7, 11) is 1.81. The van der Waals surface area contributed by atoms with E-state index in [9.17, 15) is 0 Å². The van der Waals surface area contributed by atoms with Crippen LogP contribution in [0.3, 0.4) is 0 Å². The van der Waals surface area contributed by atoms with Gasteiger partial charge in [0.05, 0.1) is 12.2 Å². The van der Waals surface area contributed by atoms with Crippen molar-refractivity contribution in [3.05, 3.63) is 35.8 Å². The largest absolute Gasteiger partial charge is 0.354 e. The van der Waals surface area contributed by atoms with Gasteiger partial charge in [-0.1, -0.05) is 32.3 Å². The second-order valence-electron chi connectivity index (χ2n) is 6.09. The summed E-state index contributed by atoms with van der Waals surface area (Å²) in [6, 6.07) is 6.58. The van der Waals surface area contributed by atoms with Gasteiger partial charge in [-0.3, -0.25) is 4.99 Å². The highest BCUT2D eigenvalue weighted by Gasteiger charge is 2.07. The Labute approximate surface area is 139 Å². The fraction of sp³-hybridized carbons (Fsp3) is 0.556. The van der Waals surface area contributed by atoms with E-state index in [2.05, 4.69) is 58.0 Å². The number of hydrogen-bond acceptors (Lipinski definition) is 2. The van der Waals surface area contributed by atoms with Gasteiger partial charge in [0.2, 0.25) is 0 Å². The monoisotopic (exact) mass is 315 g/mol. The van der Waals surface area contributed by atoms with E-state index in [0.29, 0.717) is 12.6 Å². The highest BCUT2D eigenvalue weighted by molar-refractivity contribution is 5.79. The number of nitrogens with zero attached hydrogens (tertiary/aromatic N) is 3. The number of rotatable bonds is 7. The summed E-state index contributed by atoms with van der Waals surface area (Å²) in [5, 5.41) is 6.80. The Bertz CT molecular complexity index is 644. The van der Waals surface area contributed by atoms with Crippen LogP contribution < -0.4 is 10.6 Å². The molecule has 2 aromatic rings. The van der Waals surface area contributed by atoms with E-state index in [1.807, 2.05) is 19.2 Å².